The third kappa shape index (κ3) is 2.64. The van der Waals surface area contributed by atoms with Crippen molar-refractivity contribution in [1.82, 2.24) is 9.97 Å². The molecule has 0 amide bonds. The van der Waals surface area contributed by atoms with Gasteiger partial charge in [0.05, 0.1) is 6.61 Å². The van der Waals surface area contributed by atoms with Crippen LogP contribution >= 0.6 is 11.6 Å². The molecular weight excluding hydrogens is 224 g/mol. The van der Waals surface area contributed by atoms with E-state index in [9.17, 15) is 0 Å². The minimum atomic E-state index is 0.484. The number of halogens is 1. The molecule has 0 atom stereocenters. The Balaban J connectivity index is 2.20. The van der Waals surface area contributed by atoms with Crippen LogP contribution in [0.25, 0.3) is 0 Å². The zero-order valence-corrected chi connectivity index (χ0v) is 10.7. The largest absolute Gasteiger partial charge is 0.477 e. The van der Waals surface area contributed by atoms with Gasteiger partial charge in [-0.3, -0.25) is 0 Å². The van der Waals surface area contributed by atoms with E-state index in [4.69, 9.17) is 16.3 Å². The first-order valence-corrected chi connectivity index (χ1v) is 6.12. The van der Waals surface area contributed by atoms with Crippen molar-refractivity contribution in [3.8, 4) is 5.88 Å². The Bertz CT molecular complexity index is 389. The summed E-state index contributed by atoms with van der Waals surface area (Å²) in [5.74, 6) is 2.47. The van der Waals surface area contributed by atoms with E-state index < -0.39 is 0 Å². The number of hydrogen-bond acceptors (Lipinski definition) is 3. The summed E-state index contributed by atoms with van der Waals surface area (Å²) in [4.78, 5) is 8.75. The third-order valence-electron chi connectivity index (χ3n) is 2.55. The van der Waals surface area contributed by atoms with Gasteiger partial charge in [0, 0.05) is 11.5 Å². The summed E-state index contributed by atoms with van der Waals surface area (Å²) >= 11 is 6.08. The molecule has 1 aliphatic carbocycles. The number of hydrogen-bond donors (Lipinski definition) is 0. The van der Waals surface area contributed by atoms with Gasteiger partial charge in [0.15, 0.2) is 0 Å². The topological polar surface area (TPSA) is 35.0 Å². The van der Waals surface area contributed by atoms with E-state index in [1.54, 1.807) is 0 Å². The van der Waals surface area contributed by atoms with Crippen LogP contribution in [-0.2, 0) is 0 Å². The first-order chi connectivity index (χ1) is 7.58. The molecule has 1 fully saturated rings. The van der Waals surface area contributed by atoms with Crippen LogP contribution in [0.5, 0.6) is 5.88 Å². The van der Waals surface area contributed by atoms with Crippen LogP contribution in [0, 0.1) is 12.8 Å². The molecule has 4 heteroatoms. The molecule has 0 unspecified atom stereocenters. The second-order valence-corrected chi connectivity index (χ2v) is 5.14. The quantitative estimate of drug-likeness (QED) is 0.757. The molecule has 0 aromatic carbocycles. The molecule has 2 rings (SSSR count). The Morgan fingerprint density at radius 2 is 2.06 bits per heavy atom. The average molecular weight is 241 g/mol. The van der Waals surface area contributed by atoms with Crippen LogP contribution in [0.3, 0.4) is 0 Å². The highest BCUT2D eigenvalue weighted by atomic mass is 35.5. The van der Waals surface area contributed by atoms with E-state index >= 15 is 0 Å². The number of nitrogens with zero attached hydrogens (tertiary/aromatic N) is 2. The first kappa shape index (κ1) is 11.6. The zero-order valence-electron chi connectivity index (χ0n) is 9.96. The molecule has 0 radical (unpaired) electrons. The number of aromatic nitrogens is 2. The highest BCUT2D eigenvalue weighted by molar-refractivity contribution is 6.30. The van der Waals surface area contributed by atoms with Gasteiger partial charge in [-0.15, -0.1) is 0 Å². The lowest BCUT2D eigenvalue weighted by molar-refractivity contribution is 0.258. The van der Waals surface area contributed by atoms with Gasteiger partial charge < -0.3 is 4.74 Å². The fourth-order valence-electron chi connectivity index (χ4n) is 1.40. The molecule has 0 aliphatic heterocycles. The van der Waals surface area contributed by atoms with Gasteiger partial charge in [-0.25, -0.2) is 4.98 Å². The molecule has 1 saturated carbocycles. The van der Waals surface area contributed by atoms with Gasteiger partial charge in [-0.05, 0) is 25.7 Å². The highest BCUT2D eigenvalue weighted by Crippen LogP contribution is 2.39. The summed E-state index contributed by atoms with van der Waals surface area (Å²) in [6.07, 6.45) is 2.34. The average Bonchev–Trinajstić information content (AvgIpc) is 3.03. The monoisotopic (exact) mass is 240 g/mol. The van der Waals surface area contributed by atoms with Crippen LogP contribution in [0.4, 0.5) is 0 Å². The number of rotatable bonds is 4. The molecule has 0 N–H and O–H groups in total. The number of ether oxygens (including phenoxy) is 1. The van der Waals surface area contributed by atoms with Crippen molar-refractivity contribution >= 4 is 11.6 Å². The Labute approximate surface area is 101 Å². The zero-order chi connectivity index (χ0) is 11.7. The van der Waals surface area contributed by atoms with E-state index in [2.05, 4.69) is 23.8 Å². The van der Waals surface area contributed by atoms with Gasteiger partial charge in [0.2, 0.25) is 5.88 Å². The summed E-state index contributed by atoms with van der Waals surface area (Å²) < 4.78 is 5.66. The van der Waals surface area contributed by atoms with Crippen LogP contribution in [0.1, 0.15) is 44.0 Å². The van der Waals surface area contributed by atoms with E-state index in [0.717, 1.165) is 11.4 Å². The standard InChI is InChI=1S/C12H17ClN2O/c1-7(2)6-16-12-8(3)10(13)14-11(15-12)9-4-5-9/h7,9H,4-6H2,1-3H3. The minimum Gasteiger partial charge on any atom is -0.477 e. The third-order valence-corrected chi connectivity index (χ3v) is 2.92. The lowest BCUT2D eigenvalue weighted by atomic mass is 10.2. The second-order valence-electron chi connectivity index (χ2n) is 4.78. The van der Waals surface area contributed by atoms with Gasteiger partial charge in [0.1, 0.15) is 11.0 Å². The summed E-state index contributed by atoms with van der Waals surface area (Å²) in [6.45, 7) is 6.78. The highest BCUT2D eigenvalue weighted by Gasteiger charge is 2.28. The van der Waals surface area contributed by atoms with E-state index in [1.165, 1.54) is 12.8 Å². The maximum Gasteiger partial charge on any atom is 0.221 e. The molecule has 1 aliphatic rings. The Hall–Kier alpha value is -0.830. The molecule has 16 heavy (non-hydrogen) atoms. The molecule has 1 aromatic rings. The van der Waals surface area contributed by atoms with Crippen molar-refractivity contribution in [3.05, 3.63) is 16.5 Å². The van der Waals surface area contributed by atoms with Crippen LogP contribution in [0.2, 0.25) is 5.15 Å². The molecule has 0 saturated heterocycles. The van der Waals surface area contributed by atoms with Gasteiger partial charge >= 0.3 is 0 Å². The lowest BCUT2D eigenvalue weighted by Crippen LogP contribution is -2.09. The second kappa shape index (κ2) is 4.58. The minimum absolute atomic E-state index is 0.484. The normalized spacial score (nSPS) is 15.6. The lowest BCUT2D eigenvalue weighted by Gasteiger charge is -2.11. The van der Waals surface area contributed by atoms with Crippen molar-refractivity contribution in [3.63, 3.8) is 0 Å². The summed E-state index contributed by atoms with van der Waals surface area (Å²) in [5.41, 5.74) is 0.840. The van der Waals surface area contributed by atoms with Crippen molar-refractivity contribution < 1.29 is 4.74 Å². The Kier molecular flexibility index (Phi) is 3.33. The molecule has 0 spiro atoms. The molecule has 88 valence electrons. The smallest absolute Gasteiger partial charge is 0.221 e. The van der Waals surface area contributed by atoms with Crippen molar-refractivity contribution in [2.75, 3.05) is 6.61 Å². The molecule has 0 bridgehead atoms. The van der Waals surface area contributed by atoms with E-state index in [-0.39, 0.29) is 0 Å². The predicted molar refractivity (Wildman–Crippen MR) is 64.1 cm³/mol. The molecular formula is C12H17ClN2O. The molecule has 1 heterocycles. The van der Waals surface area contributed by atoms with E-state index in [1.807, 2.05) is 6.92 Å². The maximum absolute atomic E-state index is 6.08. The summed E-state index contributed by atoms with van der Waals surface area (Å²) in [7, 11) is 0. The van der Waals surface area contributed by atoms with Crippen molar-refractivity contribution in [2.45, 2.75) is 39.5 Å². The SMILES string of the molecule is Cc1c(Cl)nc(C2CC2)nc1OCC(C)C. The summed E-state index contributed by atoms with van der Waals surface area (Å²) in [6, 6.07) is 0. The van der Waals surface area contributed by atoms with Crippen molar-refractivity contribution in [2.24, 2.45) is 5.92 Å². The maximum atomic E-state index is 6.08. The fraction of sp³-hybridized carbons (Fsp3) is 0.667. The van der Waals surface area contributed by atoms with Crippen LogP contribution < -0.4 is 4.74 Å². The van der Waals surface area contributed by atoms with Gasteiger partial charge in [-0.2, -0.15) is 4.98 Å². The van der Waals surface area contributed by atoms with Crippen LogP contribution in [-0.4, -0.2) is 16.6 Å². The van der Waals surface area contributed by atoms with E-state index in [0.29, 0.717) is 29.5 Å². The fourth-order valence-corrected chi connectivity index (χ4v) is 1.56. The first-order valence-electron chi connectivity index (χ1n) is 5.74. The molecule has 3 nitrogen and oxygen atoms in total. The summed E-state index contributed by atoms with van der Waals surface area (Å²) in [5, 5.41) is 0.524. The van der Waals surface area contributed by atoms with Crippen LogP contribution in [0.15, 0.2) is 0 Å². The van der Waals surface area contributed by atoms with Gasteiger partial charge in [0.25, 0.3) is 0 Å². The van der Waals surface area contributed by atoms with Gasteiger partial charge in [-0.1, -0.05) is 25.4 Å². The molecule has 1 aromatic heterocycles. The predicted octanol–water partition coefficient (Wildman–Crippen LogP) is 3.35. The Morgan fingerprint density at radius 1 is 1.38 bits per heavy atom. The Morgan fingerprint density at radius 3 is 2.62 bits per heavy atom. The van der Waals surface area contributed by atoms with Crippen molar-refractivity contribution in [1.29, 1.82) is 0 Å².